The van der Waals surface area contributed by atoms with Crippen LogP contribution in [-0.4, -0.2) is 44.5 Å². The average Bonchev–Trinajstić information content (AvgIpc) is 2.43. The number of nitrogens with zero attached hydrogens (tertiary/aromatic N) is 1. The minimum atomic E-state index is 0.0272. The molecule has 0 bridgehead atoms. The van der Waals surface area contributed by atoms with E-state index in [1.807, 2.05) is 14.1 Å². The molecule has 1 aromatic carbocycles. The van der Waals surface area contributed by atoms with Gasteiger partial charge in [-0.2, -0.15) is 0 Å². The molecule has 1 aromatic rings. The van der Waals surface area contributed by atoms with E-state index in [1.54, 1.807) is 0 Å². The van der Waals surface area contributed by atoms with Crippen LogP contribution in [0.25, 0.3) is 0 Å². The van der Waals surface area contributed by atoms with Gasteiger partial charge in [-0.05, 0) is 38.1 Å². The van der Waals surface area contributed by atoms with Gasteiger partial charge in [0.1, 0.15) is 0 Å². The molecule has 1 amide bonds. The smallest absolute Gasteiger partial charge is 0.238 e. The molecule has 4 nitrogen and oxygen atoms in total. The summed E-state index contributed by atoms with van der Waals surface area (Å²) in [6.45, 7) is 6.32. The molecule has 2 N–H and O–H groups in total. The number of amides is 1. The van der Waals surface area contributed by atoms with Crippen LogP contribution in [0.2, 0.25) is 0 Å². The summed E-state index contributed by atoms with van der Waals surface area (Å²) in [6, 6.07) is 6.21. The zero-order chi connectivity index (χ0) is 15.0. The van der Waals surface area contributed by atoms with Crippen LogP contribution in [0.15, 0.2) is 18.2 Å². The van der Waals surface area contributed by atoms with E-state index < -0.39 is 0 Å². The maximum Gasteiger partial charge on any atom is 0.238 e. The second kappa shape index (κ2) is 8.72. The van der Waals surface area contributed by atoms with Crippen LogP contribution in [0, 0.1) is 0 Å². The van der Waals surface area contributed by atoms with Gasteiger partial charge in [-0.3, -0.25) is 4.79 Å². The molecule has 0 aliphatic heterocycles. The van der Waals surface area contributed by atoms with Crippen molar-refractivity contribution in [2.45, 2.75) is 26.7 Å². The lowest BCUT2D eigenvalue weighted by Crippen LogP contribution is -2.33. The SMILES string of the molecule is CCc1cccc(CC)c1NC(=O)CNCCN(C)C. The minimum Gasteiger partial charge on any atom is -0.324 e. The van der Waals surface area contributed by atoms with E-state index in [1.165, 1.54) is 11.1 Å². The summed E-state index contributed by atoms with van der Waals surface area (Å²) in [7, 11) is 4.04. The van der Waals surface area contributed by atoms with Crippen LogP contribution >= 0.6 is 0 Å². The van der Waals surface area contributed by atoms with E-state index >= 15 is 0 Å². The van der Waals surface area contributed by atoms with Crippen molar-refractivity contribution in [2.24, 2.45) is 0 Å². The van der Waals surface area contributed by atoms with Gasteiger partial charge in [-0.15, -0.1) is 0 Å². The number of carbonyl (C=O) groups excluding carboxylic acids is 1. The molecule has 0 aromatic heterocycles. The number of anilines is 1. The highest BCUT2D eigenvalue weighted by molar-refractivity contribution is 5.93. The fourth-order valence-electron chi connectivity index (χ4n) is 2.09. The number of para-hydroxylation sites is 1. The highest BCUT2D eigenvalue weighted by Crippen LogP contribution is 2.22. The third-order valence-corrected chi connectivity index (χ3v) is 3.28. The molecule has 0 aliphatic rings. The van der Waals surface area contributed by atoms with Gasteiger partial charge in [-0.25, -0.2) is 0 Å². The fraction of sp³-hybridized carbons (Fsp3) is 0.562. The van der Waals surface area contributed by atoms with Crippen molar-refractivity contribution in [3.63, 3.8) is 0 Å². The zero-order valence-corrected chi connectivity index (χ0v) is 13.1. The average molecular weight is 277 g/mol. The number of likely N-dealkylation sites (N-methyl/N-ethyl adjacent to an activating group) is 1. The van der Waals surface area contributed by atoms with E-state index in [-0.39, 0.29) is 5.91 Å². The molecule has 112 valence electrons. The van der Waals surface area contributed by atoms with E-state index in [0.29, 0.717) is 6.54 Å². The number of nitrogens with one attached hydrogen (secondary N) is 2. The van der Waals surface area contributed by atoms with Gasteiger partial charge in [0.15, 0.2) is 0 Å². The number of rotatable bonds is 8. The fourth-order valence-corrected chi connectivity index (χ4v) is 2.09. The Balaban J connectivity index is 2.57. The Morgan fingerprint density at radius 3 is 2.25 bits per heavy atom. The summed E-state index contributed by atoms with van der Waals surface area (Å²) in [4.78, 5) is 14.1. The highest BCUT2D eigenvalue weighted by atomic mass is 16.1. The topological polar surface area (TPSA) is 44.4 Å². The molecular weight excluding hydrogens is 250 g/mol. The maximum absolute atomic E-state index is 12.0. The Morgan fingerprint density at radius 2 is 1.75 bits per heavy atom. The van der Waals surface area contributed by atoms with E-state index in [9.17, 15) is 4.79 Å². The first-order valence-corrected chi connectivity index (χ1v) is 7.34. The lowest BCUT2D eigenvalue weighted by molar-refractivity contribution is -0.115. The number of benzene rings is 1. The minimum absolute atomic E-state index is 0.0272. The van der Waals surface area contributed by atoms with Gasteiger partial charge in [-0.1, -0.05) is 32.0 Å². The zero-order valence-electron chi connectivity index (χ0n) is 13.1. The predicted molar refractivity (Wildman–Crippen MR) is 85.3 cm³/mol. The molecule has 0 unspecified atom stereocenters. The molecule has 0 aliphatic carbocycles. The van der Waals surface area contributed by atoms with Gasteiger partial charge < -0.3 is 15.5 Å². The molecule has 0 heterocycles. The van der Waals surface area contributed by atoms with Crippen molar-refractivity contribution in [2.75, 3.05) is 39.0 Å². The van der Waals surface area contributed by atoms with Crippen LogP contribution in [0.1, 0.15) is 25.0 Å². The number of carbonyl (C=O) groups is 1. The van der Waals surface area contributed by atoms with Crippen LogP contribution < -0.4 is 10.6 Å². The summed E-state index contributed by atoms with van der Waals surface area (Å²) in [5.41, 5.74) is 3.40. The van der Waals surface area contributed by atoms with Crippen LogP contribution in [0.5, 0.6) is 0 Å². The Bertz CT molecular complexity index is 407. The van der Waals surface area contributed by atoms with E-state index in [0.717, 1.165) is 31.6 Å². The first kappa shape index (κ1) is 16.7. The number of aryl methyl sites for hydroxylation is 2. The molecule has 0 saturated heterocycles. The standard InChI is InChI=1S/C16H27N3O/c1-5-13-8-7-9-14(6-2)16(13)18-15(20)12-17-10-11-19(3)4/h7-9,17H,5-6,10-12H2,1-4H3,(H,18,20). The Morgan fingerprint density at radius 1 is 1.15 bits per heavy atom. The van der Waals surface area contributed by atoms with E-state index in [4.69, 9.17) is 0 Å². The predicted octanol–water partition coefficient (Wildman–Crippen LogP) is 1.90. The monoisotopic (exact) mass is 277 g/mol. The second-order valence-electron chi connectivity index (χ2n) is 5.19. The normalized spacial score (nSPS) is 10.8. The summed E-state index contributed by atoms with van der Waals surface area (Å²) in [5.74, 6) is 0.0272. The summed E-state index contributed by atoms with van der Waals surface area (Å²) < 4.78 is 0. The lowest BCUT2D eigenvalue weighted by Gasteiger charge is -2.15. The second-order valence-corrected chi connectivity index (χ2v) is 5.19. The van der Waals surface area contributed by atoms with Gasteiger partial charge >= 0.3 is 0 Å². The van der Waals surface area contributed by atoms with Crippen LogP contribution in [0.4, 0.5) is 5.69 Å². The van der Waals surface area contributed by atoms with E-state index in [2.05, 4.69) is 47.6 Å². The van der Waals surface area contributed by atoms with Crippen molar-refractivity contribution in [1.82, 2.24) is 10.2 Å². The van der Waals surface area contributed by atoms with Crippen molar-refractivity contribution in [1.29, 1.82) is 0 Å². The molecule has 4 heteroatoms. The van der Waals surface area contributed by atoms with Gasteiger partial charge in [0.25, 0.3) is 0 Å². The highest BCUT2D eigenvalue weighted by Gasteiger charge is 2.09. The lowest BCUT2D eigenvalue weighted by atomic mass is 10.0. The Hall–Kier alpha value is -1.39. The Kier molecular flexibility index (Phi) is 7.26. The van der Waals surface area contributed by atoms with Crippen molar-refractivity contribution < 1.29 is 4.79 Å². The third-order valence-electron chi connectivity index (χ3n) is 3.28. The summed E-state index contributed by atoms with van der Waals surface area (Å²) in [6.07, 6.45) is 1.86. The largest absolute Gasteiger partial charge is 0.324 e. The van der Waals surface area contributed by atoms with Crippen molar-refractivity contribution in [3.8, 4) is 0 Å². The molecule has 0 fully saturated rings. The maximum atomic E-state index is 12.0. The quantitative estimate of drug-likeness (QED) is 0.713. The first-order valence-electron chi connectivity index (χ1n) is 7.34. The molecule has 0 atom stereocenters. The van der Waals surface area contributed by atoms with Crippen LogP contribution in [-0.2, 0) is 17.6 Å². The number of hydrogen-bond donors (Lipinski definition) is 2. The van der Waals surface area contributed by atoms with Crippen LogP contribution in [0.3, 0.4) is 0 Å². The third kappa shape index (κ3) is 5.31. The van der Waals surface area contributed by atoms with Gasteiger partial charge in [0.05, 0.1) is 6.54 Å². The summed E-state index contributed by atoms with van der Waals surface area (Å²) >= 11 is 0. The van der Waals surface area contributed by atoms with Gasteiger partial charge in [0, 0.05) is 18.8 Å². The molecule has 0 spiro atoms. The summed E-state index contributed by atoms with van der Waals surface area (Å²) in [5, 5.41) is 6.21. The molecule has 0 radical (unpaired) electrons. The molecule has 1 rings (SSSR count). The Labute approximate surface area is 122 Å². The molecule has 0 saturated carbocycles. The molecule has 20 heavy (non-hydrogen) atoms. The van der Waals surface area contributed by atoms with Crippen molar-refractivity contribution >= 4 is 11.6 Å². The molecular formula is C16H27N3O. The number of hydrogen-bond acceptors (Lipinski definition) is 3. The van der Waals surface area contributed by atoms with Gasteiger partial charge in [0.2, 0.25) is 5.91 Å². The first-order chi connectivity index (χ1) is 9.58. The van der Waals surface area contributed by atoms with Crippen molar-refractivity contribution in [3.05, 3.63) is 29.3 Å².